The standard InChI is InChI=1S/C25H26FN5O2/c1-11-22(15-6-5-14(26)7-18(15)29-11)24-23-16-9-20(32-4)17(21-12(2)31-33-13(21)3)8-19(16)30-25(23)28-10-27-24/h7-9,13,21,28-30H,5-6,10H2,1-4H3. The molecule has 2 unspecified atom stereocenters. The number of aryl methyl sites for hydroxylation is 1. The van der Waals surface area contributed by atoms with Crippen LogP contribution < -0.4 is 10.1 Å². The van der Waals surface area contributed by atoms with E-state index in [0.717, 1.165) is 67.5 Å². The first kappa shape index (κ1) is 20.1. The van der Waals surface area contributed by atoms with E-state index in [-0.39, 0.29) is 17.8 Å². The fourth-order valence-electron chi connectivity index (χ4n) is 5.50. The van der Waals surface area contributed by atoms with E-state index >= 15 is 0 Å². The van der Waals surface area contributed by atoms with Crippen molar-refractivity contribution < 1.29 is 14.0 Å². The number of anilines is 1. The number of rotatable bonds is 3. The summed E-state index contributed by atoms with van der Waals surface area (Å²) in [6, 6.07) is 4.22. The van der Waals surface area contributed by atoms with Crippen LogP contribution in [0.5, 0.6) is 5.75 Å². The van der Waals surface area contributed by atoms with Gasteiger partial charge in [-0.1, -0.05) is 5.16 Å². The van der Waals surface area contributed by atoms with E-state index in [1.165, 1.54) is 0 Å². The Kier molecular flexibility index (Phi) is 4.40. The summed E-state index contributed by atoms with van der Waals surface area (Å²) in [4.78, 5) is 17.3. The highest BCUT2D eigenvalue weighted by Gasteiger charge is 2.34. The van der Waals surface area contributed by atoms with Crippen molar-refractivity contribution in [1.82, 2.24) is 9.97 Å². The Balaban J connectivity index is 1.54. The summed E-state index contributed by atoms with van der Waals surface area (Å²) in [7, 11) is 1.69. The summed E-state index contributed by atoms with van der Waals surface area (Å²) < 4.78 is 19.7. The van der Waals surface area contributed by atoms with Crippen LogP contribution in [0.25, 0.3) is 17.0 Å². The van der Waals surface area contributed by atoms with Crippen molar-refractivity contribution in [3.8, 4) is 5.75 Å². The van der Waals surface area contributed by atoms with Gasteiger partial charge in [0.15, 0.2) is 0 Å². The number of hydrogen-bond acceptors (Lipinski definition) is 5. The van der Waals surface area contributed by atoms with Crippen LogP contribution in [0.2, 0.25) is 0 Å². The zero-order valence-corrected chi connectivity index (χ0v) is 19.1. The number of benzene rings is 1. The van der Waals surface area contributed by atoms with Crippen LogP contribution in [0.1, 0.15) is 59.8 Å². The van der Waals surface area contributed by atoms with Gasteiger partial charge in [0, 0.05) is 39.8 Å². The second-order valence-corrected chi connectivity index (χ2v) is 8.99. The third-order valence-electron chi connectivity index (χ3n) is 6.97. The summed E-state index contributed by atoms with van der Waals surface area (Å²) >= 11 is 0. The molecule has 0 saturated carbocycles. The molecule has 1 aromatic carbocycles. The van der Waals surface area contributed by atoms with Gasteiger partial charge < -0.3 is 24.9 Å². The summed E-state index contributed by atoms with van der Waals surface area (Å²) in [6.07, 6.45) is 2.63. The van der Waals surface area contributed by atoms with Crippen molar-refractivity contribution in [2.45, 2.75) is 45.6 Å². The number of halogens is 1. The molecule has 0 amide bonds. The Morgan fingerprint density at radius 2 is 2.00 bits per heavy atom. The highest BCUT2D eigenvalue weighted by Crippen LogP contribution is 2.42. The highest BCUT2D eigenvalue weighted by molar-refractivity contribution is 6.25. The average molecular weight is 448 g/mol. The number of hydrogen-bond donors (Lipinski definition) is 3. The summed E-state index contributed by atoms with van der Waals surface area (Å²) in [5.74, 6) is 1.68. The maximum Gasteiger partial charge on any atom is 0.137 e. The quantitative estimate of drug-likeness (QED) is 0.518. The molecule has 7 nitrogen and oxygen atoms in total. The lowest BCUT2D eigenvalue weighted by Gasteiger charge is -2.19. The predicted molar refractivity (Wildman–Crippen MR) is 128 cm³/mol. The molecule has 2 atom stereocenters. The molecule has 0 fully saturated rings. The average Bonchev–Trinajstić information content (AvgIpc) is 3.43. The maximum atomic E-state index is 13.9. The molecule has 2 aromatic heterocycles. The van der Waals surface area contributed by atoms with Crippen LogP contribution in [0, 0.1) is 6.92 Å². The third-order valence-corrected chi connectivity index (χ3v) is 6.97. The van der Waals surface area contributed by atoms with E-state index < -0.39 is 0 Å². The van der Waals surface area contributed by atoms with Gasteiger partial charge in [-0.3, -0.25) is 4.99 Å². The van der Waals surface area contributed by atoms with E-state index in [0.29, 0.717) is 19.5 Å². The second kappa shape index (κ2) is 7.23. The zero-order chi connectivity index (χ0) is 22.9. The minimum absolute atomic E-state index is 0.0337. The maximum absolute atomic E-state index is 13.9. The molecule has 170 valence electrons. The van der Waals surface area contributed by atoms with Gasteiger partial charge >= 0.3 is 0 Å². The van der Waals surface area contributed by atoms with E-state index in [4.69, 9.17) is 14.6 Å². The van der Waals surface area contributed by atoms with E-state index in [2.05, 4.69) is 32.6 Å². The predicted octanol–water partition coefficient (Wildman–Crippen LogP) is 5.17. The molecule has 8 heteroatoms. The molecule has 2 aliphatic heterocycles. The Bertz CT molecular complexity index is 1390. The van der Waals surface area contributed by atoms with Crippen molar-refractivity contribution in [3.63, 3.8) is 0 Å². The fraction of sp³-hybridized carbons (Fsp3) is 0.360. The van der Waals surface area contributed by atoms with Gasteiger partial charge in [-0.2, -0.15) is 0 Å². The molecule has 4 heterocycles. The van der Waals surface area contributed by atoms with Crippen molar-refractivity contribution in [1.29, 1.82) is 0 Å². The number of oxime groups is 1. The normalized spacial score (nSPS) is 21.5. The van der Waals surface area contributed by atoms with Crippen LogP contribution in [-0.2, 0) is 11.3 Å². The van der Waals surface area contributed by atoms with Gasteiger partial charge in [-0.25, -0.2) is 4.39 Å². The third kappa shape index (κ3) is 2.93. The molecule has 0 bridgehead atoms. The number of allylic oxidation sites excluding steroid dienone is 1. The van der Waals surface area contributed by atoms with Gasteiger partial charge in [0.1, 0.15) is 30.2 Å². The minimum atomic E-state index is -0.0865. The molecule has 0 spiro atoms. The molecule has 0 saturated heterocycles. The monoisotopic (exact) mass is 447 g/mol. The topological polar surface area (TPSA) is 86.8 Å². The number of aromatic nitrogens is 2. The van der Waals surface area contributed by atoms with E-state index in [1.807, 2.05) is 20.8 Å². The van der Waals surface area contributed by atoms with Gasteiger partial charge in [-0.05, 0) is 51.0 Å². The van der Waals surface area contributed by atoms with Gasteiger partial charge in [0.05, 0.1) is 30.0 Å². The van der Waals surface area contributed by atoms with Crippen molar-refractivity contribution in [3.05, 3.63) is 51.6 Å². The molecular weight excluding hydrogens is 421 g/mol. The first-order valence-electron chi connectivity index (χ1n) is 11.3. The Morgan fingerprint density at radius 3 is 2.76 bits per heavy atom. The van der Waals surface area contributed by atoms with Crippen LogP contribution in [-0.4, -0.2) is 41.3 Å². The molecule has 3 aromatic rings. The summed E-state index contributed by atoms with van der Waals surface area (Å²) in [6.45, 7) is 6.51. The number of fused-ring (bicyclic) bond motifs is 4. The number of H-pyrrole nitrogens is 2. The lowest BCUT2D eigenvalue weighted by molar-refractivity contribution is 0.0900. The lowest BCUT2D eigenvalue weighted by Crippen LogP contribution is -2.18. The van der Waals surface area contributed by atoms with Crippen LogP contribution in [0.4, 0.5) is 10.2 Å². The summed E-state index contributed by atoms with van der Waals surface area (Å²) in [5.41, 5.74) is 8.96. The number of aliphatic imine (C=N–C) groups is 1. The Hall–Kier alpha value is -3.55. The Labute approximate surface area is 190 Å². The smallest absolute Gasteiger partial charge is 0.137 e. The van der Waals surface area contributed by atoms with Crippen molar-refractivity contribution >= 4 is 34.2 Å². The molecule has 1 aliphatic carbocycles. The van der Waals surface area contributed by atoms with Gasteiger partial charge in [-0.15, -0.1) is 0 Å². The number of methoxy groups -OCH3 is 1. The van der Waals surface area contributed by atoms with E-state index in [1.54, 1.807) is 13.2 Å². The first-order valence-corrected chi connectivity index (χ1v) is 11.3. The minimum Gasteiger partial charge on any atom is -0.496 e. The van der Waals surface area contributed by atoms with Gasteiger partial charge in [0.25, 0.3) is 0 Å². The first-order chi connectivity index (χ1) is 16.0. The molecule has 3 N–H and O–H groups in total. The Morgan fingerprint density at radius 1 is 1.15 bits per heavy atom. The van der Waals surface area contributed by atoms with Crippen molar-refractivity contribution in [2.24, 2.45) is 10.1 Å². The fourth-order valence-corrected chi connectivity index (χ4v) is 5.50. The SMILES string of the molecule is COc1cc2c3c([nH]c2cc1C1C(C)=NOC1C)NCN=C3c1c(C)[nH]c2c1CCC(F)=C2. The largest absolute Gasteiger partial charge is 0.496 e. The number of nitrogens with one attached hydrogen (secondary N) is 3. The zero-order valence-electron chi connectivity index (χ0n) is 19.1. The number of ether oxygens (including phenoxy) is 1. The van der Waals surface area contributed by atoms with Gasteiger partial charge in [0.2, 0.25) is 0 Å². The van der Waals surface area contributed by atoms with Crippen molar-refractivity contribution in [2.75, 3.05) is 19.1 Å². The van der Waals surface area contributed by atoms with Crippen LogP contribution in [0.3, 0.4) is 0 Å². The molecular formula is C25H26FN5O2. The second-order valence-electron chi connectivity index (χ2n) is 8.99. The van der Waals surface area contributed by atoms with Crippen LogP contribution in [0.15, 0.2) is 28.1 Å². The number of nitrogens with zero attached hydrogens (tertiary/aromatic N) is 2. The lowest BCUT2D eigenvalue weighted by atomic mass is 9.88. The van der Waals surface area contributed by atoms with E-state index in [9.17, 15) is 4.39 Å². The molecule has 6 rings (SSSR count). The highest BCUT2D eigenvalue weighted by atomic mass is 19.1. The van der Waals surface area contributed by atoms with Crippen LogP contribution >= 0.6 is 0 Å². The number of aromatic amines is 2. The molecule has 0 radical (unpaired) electrons. The molecule has 3 aliphatic rings. The molecule has 33 heavy (non-hydrogen) atoms. The summed E-state index contributed by atoms with van der Waals surface area (Å²) in [5, 5.41) is 8.59.